The second-order valence-corrected chi connectivity index (χ2v) is 6.84. The average Bonchev–Trinajstić information content (AvgIpc) is 2.65. The van der Waals surface area contributed by atoms with E-state index in [1.807, 2.05) is 13.8 Å². The highest BCUT2D eigenvalue weighted by atomic mass is 35.5. The number of hydrogen-bond acceptors (Lipinski definition) is 3. The van der Waals surface area contributed by atoms with Gasteiger partial charge in [-0.3, -0.25) is 13.7 Å². The summed E-state index contributed by atoms with van der Waals surface area (Å²) in [6.45, 7) is 8.00. The Kier molecular flexibility index (Phi) is 6.20. The molecule has 1 rings (SSSR count). The molecule has 5 nitrogen and oxygen atoms in total. The van der Waals surface area contributed by atoms with Gasteiger partial charge in [0.25, 0.3) is 0 Å². The number of nitrogens with zero attached hydrogens (tertiary/aromatic N) is 2. The van der Waals surface area contributed by atoms with Crippen LogP contribution in [0.25, 0.3) is 0 Å². The van der Waals surface area contributed by atoms with Crippen LogP contribution in [-0.2, 0) is 34.3 Å². The molecule has 0 spiro atoms. The maximum Gasteiger partial charge on any atom is 0.319 e. The van der Waals surface area contributed by atoms with E-state index in [0.29, 0.717) is 23.7 Å². The van der Waals surface area contributed by atoms with Crippen LogP contribution in [0.15, 0.2) is 0 Å². The predicted molar refractivity (Wildman–Crippen MR) is 80.4 cm³/mol. The third kappa shape index (κ3) is 3.61. The van der Waals surface area contributed by atoms with Gasteiger partial charge < -0.3 is 5.11 Å². The SMILES string of the molecule is CCc1nn(CC)c(CS(=O)C(C(=O)O)C(C)C)c1Cl. The molecule has 0 radical (unpaired) electrons. The van der Waals surface area contributed by atoms with Gasteiger partial charge in [-0.2, -0.15) is 5.10 Å². The molecule has 0 aliphatic heterocycles. The van der Waals surface area contributed by atoms with Gasteiger partial charge in [-0.05, 0) is 19.3 Å². The average molecular weight is 321 g/mol. The van der Waals surface area contributed by atoms with Crippen LogP contribution < -0.4 is 0 Å². The van der Waals surface area contributed by atoms with Crippen molar-refractivity contribution < 1.29 is 14.1 Å². The van der Waals surface area contributed by atoms with Crippen molar-refractivity contribution in [2.45, 2.75) is 51.7 Å². The van der Waals surface area contributed by atoms with Gasteiger partial charge in [0.1, 0.15) is 5.25 Å². The lowest BCUT2D eigenvalue weighted by Gasteiger charge is -2.16. The molecule has 0 aliphatic carbocycles. The van der Waals surface area contributed by atoms with Crippen molar-refractivity contribution in [2.75, 3.05) is 0 Å². The normalized spacial score (nSPS) is 14.5. The van der Waals surface area contributed by atoms with E-state index in [1.54, 1.807) is 18.5 Å². The summed E-state index contributed by atoms with van der Waals surface area (Å²) in [5.41, 5.74) is 1.42. The van der Waals surface area contributed by atoms with Gasteiger partial charge in [-0.1, -0.05) is 32.4 Å². The largest absolute Gasteiger partial charge is 0.480 e. The summed E-state index contributed by atoms with van der Waals surface area (Å²) in [6.07, 6.45) is 0.692. The topological polar surface area (TPSA) is 72.2 Å². The van der Waals surface area contributed by atoms with Crippen LogP contribution >= 0.6 is 11.6 Å². The fourth-order valence-corrected chi connectivity index (χ4v) is 4.07. The second-order valence-electron chi connectivity index (χ2n) is 4.90. The Balaban J connectivity index is 3.06. The monoisotopic (exact) mass is 320 g/mol. The molecule has 7 heteroatoms. The molecule has 2 unspecified atom stereocenters. The van der Waals surface area contributed by atoms with E-state index in [4.69, 9.17) is 11.6 Å². The Bertz CT molecular complexity index is 514. The molecule has 1 N–H and O–H groups in total. The van der Waals surface area contributed by atoms with E-state index >= 15 is 0 Å². The third-order valence-corrected chi connectivity index (χ3v) is 5.41. The van der Waals surface area contributed by atoms with Crippen LogP contribution in [0.3, 0.4) is 0 Å². The van der Waals surface area contributed by atoms with Crippen LogP contribution in [0.4, 0.5) is 0 Å². The minimum Gasteiger partial charge on any atom is -0.480 e. The highest BCUT2D eigenvalue weighted by Gasteiger charge is 2.30. The summed E-state index contributed by atoms with van der Waals surface area (Å²) in [5, 5.41) is 13.2. The number of carbonyl (C=O) groups is 1. The minimum absolute atomic E-state index is 0.120. The molecular weight excluding hydrogens is 300 g/mol. The lowest BCUT2D eigenvalue weighted by molar-refractivity contribution is -0.137. The number of aromatic nitrogens is 2. The number of aliphatic carboxylic acids is 1. The van der Waals surface area contributed by atoms with Crippen LogP contribution in [0.2, 0.25) is 5.02 Å². The lowest BCUT2D eigenvalue weighted by atomic mass is 10.1. The maximum atomic E-state index is 12.3. The summed E-state index contributed by atoms with van der Waals surface area (Å²) in [6, 6.07) is 0. The van der Waals surface area contributed by atoms with Crippen molar-refractivity contribution in [3.63, 3.8) is 0 Å². The fourth-order valence-electron chi connectivity index (χ4n) is 2.08. The molecule has 2 atom stereocenters. The summed E-state index contributed by atoms with van der Waals surface area (Å²) in [7, 11) is -1.52. The molecule has 0 amide bonds. The molecule has 1 aromatic rings. The first-order chi connectivity index (χ1) is 9.33. The van der Waals surface area contributed by atoms with Crippen molar-refractivity contribution in [3.05, 3.63) is 16.4 Å². The molecule has 1 heterocycles. The van der Waals surface area contributed by atoms with Gasteiger partial charge in [-0.25, -0.2) is 0 Å². The Labute approximate surface area is 126 Å². The summed E-state index contributed by atoms with van der Waals surface area (Å²) in [4.78, 5) is 11.2. The summed E-state index contributed by atoms with van der Waals surface area (Å²) < 4.78 is 14.1. The molecule has 0 saturated heterocycles. The second kappa shape index (κ2) is 7.22. The van der Waals surface area contributed by atoms with E-state index in [-0.39, 0.29) is 11.7 Å². The highest BCUT2D eigenvalue weighted by Crippen LogP contribution is 2.24. The zero-order valence-corrected chi connectivity index (χ0v) is 13.8. The number of hydrogen-bond donors (Lipinski definition) is 1. The van der Waals surface area contributed by atoms with E-state index in [0.717, 1.165) is 5.69 Å². The molecular formula is C13H21ClN2O3S. The van der Waals surface area contributed by atoms with Gasteiger partial charge in [0.15, 0.2) is 0 Å². The number of halogens is 1. The molecule has 0 bridgehead atoms. The Hall–Kier alpha value is -0.880. The van der Waals surface area contributed by atoms with Gasteiger partial charge in [0.05, 0.1) is 22.2 Å². The van der Waals surface area contributed by atoms with Crippen LogP contribution in [0.5, 0.6) is 0 Å². The lowest BCUT2D eigenvalue weighted by Crippen LogP contribution is -2.32. The Morgan fingerprint density at radius 2 is 2.05 bits per heavy atom. The van der Waals surface area contributed by atoms with Crippen molar-refractivity contribution in [2.24, 2.45) is 5.92 Å². The van der Waals surface area contributed by atoms with Gasteiger partial charge in [0.2, 0.25) is 0 Å². The first-order valence-electron chi connectivity index (χ1n) is 6.67. The molecule has 20 heavy (non-hydrogen) atoms. The third-order valence-electron chi connectivity index (χ3n) is 3.11. The molecule has 0 aliphatic rings. The zero-order valence-electron chi connectivity index (χ0n) is 12.2. The van der Waals surface area contributed by atoms with Crippen molar-refractivity contribution in [1.29, 1.82) is 0 Å². The quantitative estimate of drug-likeness (QED) is 0.837. The first-order valence-corrected chi connectivity index (χ1v) is 8.43. The number of aryl methyl sites for hydroxylation is 2. The van der Waals surface area contributed by atoms with E-state index in [1.165, 1.54) is 0 Å². The van der Waals surface area contributed by atoms with Crippen molar-refractivity contribution in [1.82, 2.24) is 9.78 Å². The highest BCUT2D eigenvalue weighted by molar-refractivity contribution is 7.85. The summed E-state index contributed by atoms with van der Waals surface area (Å²) >= 11 is 6.25. The van der Waals surface area contributed by atoms with Crippen molar-refractivity contribution >= 4 is 28.4 Å². The Morgan fingerprint density at radius 1 is 1.45 bits per heavy atom. The minimum atomic E-state index is -1.52. The van der Waals surface area contributed by atoms with Crippen molar-refractivity contribution in [3.8, 4) is 0 Å². The molecule has 1 aromatic heterocycles. The Morgan fingerprint density at radius 3 is 2.45 bits per heavy atom. The van der Waals surface area contributed by atoms with Crippen LogP contribution in [-0.4, -0.2) is 30.3 Å². The number of carboxylic acid groups (broad SMARTS) is 1. The van der Waals surface area contributed by atoms with E-state index in [2.05, 4.69) is 5.10 Å². The van der Waals surface area contributed by atoms with E-state index in [9.17, 15) is 14.1 Å². The predicted octanol–water partition coefficient (Wildman–Crippen LogP) is 2.48. The van der Waals surface area contributed by atoms with Gasteiger partial charge >= 0.3 is 5.97 Å². The summed E-state index contributed by atoms with van der Waals surface area (Å²) in [5.74, 6) is -1.11. The fraction of sp³-hybridized carbons (Fsp3) is 0.692. The molecule has 0 saturated carbocycles. The van der Waals surface area contributed by atoms with Gasteiger partial charge in [0, 0.05) is 17.3 Å². The van der Waals surface area contributed by atoms with Gasteiger partial charge in [-0.15, -0.1) is 0 Å². The van der Waals surface area contributed by atoms with E-state index < -0.39 is 22.0 Å². The molecule has 114 valence electrons. The standard InChI is InChI=1S/C13H21ClN2O3S/c1-5-9-11(14)10(16(6-2)15-9)7-20(19)12(8(3)4)13(17)18/h8,12H,5-7H2,1-4H3,(H,17,18). The zero-order chi connectivity index (χ0) is 15.4. The smallest absolute Gasteiger partial charge is 0.319 e. The first kappa shape index (κ1) is 17.2. The van der Waals surface area contributed by atoms with Crippen LogP contribution in [0.1, 0.15) is 39.1 Å². The van der Waals surface area contributed by atoms with Crippen LogP contribution in [0, 0.1) is 5.92 Å². The molecule has 0 aromatic carbocycles. The number of rotatable bonds is 7. The number of carboxylic acids is 1. The molecule has 0 fully saturated rings. The maximum absolute atomic E-state index is 12.3.